The van der Waals surface area contributed by atoms with Gasteiger partial charge in [-0.25, -0.2) is 14.5 Å². The van der Waals surface area contributed by atoms with E-state index >= 15 is 0 Å². The molecule has 3 rings (SSSR count). The van der Waals surface area contributed by atoms with E-state index in [9.17, 15) is 9.59 Å². The van der Waals surface area contributed by atoms with E-state index in [1.807, 2.05) is 45.3 Å². The molecular weight excluding hydrogens is 432 g/mol. The number of ether oxygens (including phenoxy) is 2. The molecule has 0 aliphatic heterocycles. The summed E-state index contributed by atoms with van der Waals surface area (Å²) in [4.78, 5) is 29.7. The molecule has 0 bridgehead atoms. The maximum atomic E-state index is 12.8. The van der Waals surface area contributed by atoms with Crippen LogP contribution in [0.25, 0.3) is 5.82 Å². The molecule has 0 fully saturated rings. The minimum absolute atomic E-state index is 0.0660. The van der Waals surface area contributed by atoms with Gasteiger partial charge in [0, 0.05) is 29.8 Å². The first-order chi connectivity index (χ1) is 15.1. The highest BCUT2D eigenvalue weighted by molar-refractivity contribution is 6.33. The summed E-state index contributed by atoms with van der Waals surface area (Å²) in [5.74, 6) is -0.629. The zero-order valence-electron chi connectivity index (χ0n) is 19.1. The van der Waals surface area contributed by atoms with E-state index in [1.165, 1.54) is 0 Å². The third kappa shape index (κ3) is 4.76. The number of pyridine rings is 1. The quantitative estimate of drug-likeness (QED) is 0.371. The number of carbonyl (C=O) groups excluding carboxylic acids is 2. The van der Waals surface area contributed by atoms with Crippen molar-refractivity contribution in [3.63, 3.8) is 0 Å². The third-order valence-corrected chi connectivity index (χ3v) is 5.52. The van der Waals surface area contributed by atoms with Crippen molar-refractivity contribution in [2.45, 2.75) is 40.7 Å². The van der Waals surface area contributed by atoms with E-state index in [-0.39, 0.29) is 22.5 Å². The lowest BCUT2D eigenvalue weighted by molar-refractivity contribution is 0.0468. The summed E-state index contributed by atoms with van der Waals surface area (Å²) in [6.07, 6.45) is 0. The van der Waals surface area contributed by atoms with E-state index < -0.39 is 12.6 Å². The van der Waals surface area contributed by atoms with Crippen LogP contribution in [-0.2, 0) is 9.47 Å². The van der Waals surface area contributed by atoms with Crippen LogP contribution < -0.4 is 0 Å². The first-order valence-corrected chi connectivity index (χ1v) is 10.6. The molecule has 9 heteroatoms. The summed E-state index contributed by atoms with van der Waals surface area (Å²) in [5, 5.41) is 4.50. The molecule has 170 valence electrons. The summed E-state index contributed by atoms with van der Waals surface area (Å²) >= 11 is 6.18. The lowest BCUT2D eigenvalue weighted by Crippen LogP contribution is -2.18. The topological polar surface area (TPSA) is 88.2 Å². The molecule has 1 unspecified atom stereocenters. The SMILES string of the molecule is COCC(C)n1c(C)cc(C(=O)COC(=O)c2nc(-n3nc(C)cc3C)ccc2Cl)c1C. The number of aryl methyl sites for hydroxylation is 3. The van der Waals surface area contributed by atoms with Crippen LogP contribution in [0.15, 0.2) is 24.3 Å². The van der Waals surface area contributed by atoms with Gasteiger partial charge in [0.25, 0.3) is 0 Å². The minimum Gasteiger partial charge on any atom is -0.453 e. The zero-order chi connectivity index (χ0) is 23.6. The van der Waals surface area contributed by atoms with E-state index in [4.69, 9.17) is 21.1 Å². The summed E-state index contributed by atoms with van der Waals surface area (Å²) in [6.45, 7) is 9.67. The normalized spacial score (nSPS) is 12.1. The number of Topliss-reactive ketones (excluding diaryl/α,β-unsaturated/α-hetero) is 1. The van der Waals surface area contributed by atoms with E-state index in [1.54, 1.807) is 30.0 Å². The van der Waals surface area contributed by atoms with Crippen molar-refractivity contribution in [2.75, 3.05) is 20.3 Å². The molecule has 3 heterocycles. The largest absolute Gasteiger partial charge is 0.453 e. The molecule has 0 spiro atoms. The van der Waals surface area contributed by atoms with Crippen LogP contribution in [0.5, 0.6) is 0 Å². The lowest BCUT2D eigenvalue weighted by Gasteiger charge is -2.17. The van der Waals surface area contributed by atoms with Gasteiger partial charge in [-0.05, 0) is 58.9 Å². The number of ketones is 1. The highest BCUT2D eigenvalue weighted by atomic mass is 35.5. The molecule has 8 nitrogen and oxygen atoms in total. The lowest BCUT2D eigenvalue weighted by atomic mass is 10.1. The molecule has 0 N–H and O–H groups in total. The average molecular weight is 459 g/mol. The first-order valence-electron chi connectivity index (χ1n) is 10.2. The monoisotopic (exact) mass is 458 g/mol. The second kappa shape index (κ2) is 9.67. The summed E-state index contributed by atoms with van der Waals surface area (Å²) in [5.41, 5.74) is 3.87. The highest BCUT2D eigenvalue weighted by Crippen LogP contribution is 2.22. The number of methoxy groups -OCH3 is 1. The van der Waals surface area contributed by atoms with Crippen molar-refractivity contribution in [1.82, 2.24) is 19.3 Å². The second-order valence-electron chi connectivity index (χ2n) is 7.80. The number of rotatable bonds is 8. The van der Waals surface area contributed by atoms with Gasteiger partial charge in [0.15, 0.2) is 18.1 Å². The van der Waals surface area contributed by atoms with Gasteiger partial charge in [-0.1, -0.05) is 11.6 Å². The fourth-order valence-corrected chi connectivity index (χ4v) is 4.07. The van der Waals surface area contributed by atoms with Crippen LogP contribution >= 0.6 is 11.6 Å². The second-order valence-corrected chi connectivity index (χ2v) is 8.20. The van der Waals surface area contributed by atoms with Gasteiger partial charge in [0.1, 0.15) is 0 Å². The van der Waals surface area contributed by atoms with Crippen molar-refractivity contribution in [3.05, 3.63) is 63.3 Å². The number of hydrogen-bond donors (Lipinski definition) is 0. The Kier molecular flexibility index (Phi) is 7.16. The average Bonchev–Trinajstić information content (AvgIpc) is 3.23. The molecule has 0 saturated heterocycles. The number of esters is 1. The number of hydrogen-bond acceptors (Lipinski definition) is 6. The zero-order valence-corrected chi connectivity index (χ0v) is 19.9. The molecule has 3 aromatic rings. The maximum absolute atomic E-state index is 12.8. The van der Waals surface area contributed by atoms with Gasteiger partial charge in [0.05, 0.1) is 23.4 Å². The predicted molar refractivity (Wildman–Crippen MR) is 121 cm³/mol. The predicted octanol–water partition coefficient (Wildman–Crippen LogP) is 4.20. The van der Waals surface area contributed by atoms with Crippen LogP contribution in [0.2, 0.25) is 5.02 Å². The fraction of sp³-hybridized carbons (Fsp3) is 0.391. The van der Waals surface area contributed by atoms with Gasteiger partial charge < -0.3 is 14.0 Å². The number of halogens is 1. The van der Waals surface area contributed by atoms with Gasteiger partial charge in [-0.2, -0.15) is 5.10 Å². The standard InChI is InChI=1S/C23H27ClN4O4/c1-13-9-15(3)28(26-13)21-8-7-19(24)22(25-21)23(30)32-12-20(29)18-10-14(2)27(17(18)5)16(4)11-31-6/h7-10,16H,11-12H2,1-6H3. The van der Waals surface area contributed by atoms with Crippen molar-refractivity contribution in [3.8, 4) is 5.82 Å². The van der Waals surface area contributed by atoms with Crippen molar-refractivity contribution >= 4 is 23.4 Å². The highest BCUT2D eigenvalue weighted by Gasteiger charge is 2.22. The van der Waals surface area contributed by atoms with Crippen molar-refractivity contribution in [2.24, 2.45) is 0 Å². The number of aromatic nitrogens is 4. The van der Waals surface area contributed by atoms with Crippen molar-refractivity contribution < 1.29 is 19.1 Å². The van der Waals surface area contributed by atoms with Crippen LogP contribution in [0.4, 0.5) is 0 Å². The Hall–Kier alpha value is -2.97. The van der Waals surface area contributed by atoms with Gasteiger partial charge in [-0.15, -0.1) is 0 Å². The summed E-state index contributed by atoms with van der Waals surface area (Å²) in [7, 11) is 1.64. The Bertz CT molecular complexity index is 1170. The van der Waals surface area contributed by atoms with Crippen LogP contribution in [0.1, 0.15) is 56.6 Å². The van der Waals surface area contributed by atoms with E-state index in [2.05, 4.69) is 10.1 Å². The Morgan fingerprint density at radius 1 is 1.12 bits per heavy atom. The maximum Gasteiger partial charge on any atom is 0.359 e. The summed E-state index contributed by atoms with van der Waals surface area (Å²) in [6, 6.07) is 7.00. The molecular formula is C23H27ClN4O4. The van der Waals surface area contributed by atoms with Gasteiger partial charge in [0.2, 0.25) is 5.78 Å². The molecule has 0 aromatic carbocycles. The van der Waals surface area contributed by atoms with Crippen LogP contribution in [-0.4, -0.2) is 51.4 Å². The first kappa shape index (κ1) is 23.7. The van der Waals surface area contributed by atoms with E-state index in [0.717, 1.165) is 22.8 Å². The molecule has 0 aliphatic carbocycles. The molecule has 1 atom stereocenters. The van der Waals surface area contributed by atoms with Crippen LogP contribution in [0.3, 0.4) is 0 Å². The smallest absolute Gasteiger partial charge is 0.359 e. The molecule has 0 amide bonds. The molecule has 3 aromatic heterocycles. The third-order valence-electron chi connectivity index (χ3n) is 5.22. The Morgan fingerprint density at radius 3 is 2.47 bits per heavy atom. The number of carbonyl (C=O) groups is 2. The molecule has 0 saturated carbocycles. The molecule has 0 radical (unpaired) electrons. The van der Waals surface area contributed by atoms with Gasteiger partial charge >= 0.3 is 5.97 Å². The summed E-state index contributed by atoms with van der Waals surface area (Å²) < 4.78 is 14.1. The Labute approximate surface area is 192 Å². The van der Waals surface area contributed by atoms with Crippen molar-refractivity contribution in [1.29, 1.82) is 0 Å². The molecule has 32 heavy (non-hydrogen) atoms. The number of nitrogens with zero attached hydrogens (tertiary/aromatic N) is 4. The molecule has 0 aliphatic rings. The minimum atomic E-state index is -0.770. The fourth-order valence-electron chi connectivity index (χ4n) is 3.88. The Morgan fingerprint density at radius 2 is 1.84 bits per heavy atom. The van der Waals surface area contributed by atoms with Crippen LogP contribution in [0, 0.1) is 27.7 Å². The van der Waals surface area contributed by atoms with Gasteiger partial charge in [-0.3, -0.25) is 4.79 Å². The van der Waals surface area contributed by atoms with E-state index in [0.29, 0.717) is 18.0 Å². The Balaban J connectivity index is 1.76.